The molecule has 0 bridgehead atoms. The van der Waals surface area contributed by atoms with Crippen LogP contribution in [0.3, 0.4) is 0 Å². The minimum atomic E-state index is -2.11. The third-order valence-electron chi connectivity index (χ3n) is 9.01. The molecular weight excluding hydrogens is 700 g/mol. The highest BCUT2D eigenvalue weighted by molar-refractivity contribution is 5.73. The van der Waals surface area contributed by atoms with E-state index in [0.717, 1.165) is 13.8 Å². The van der Waals surface area contributed by atoms with Gasteiger partial charge >= 0.3 is 0 Å². The van der Waals surface area contributed by atoms with E-state index in [9.17, 15) is 70.9 Å². The van der Waals surface area contributed by atoms with Gasteiger partial charge in [-0.2, -0.15) is 0 Å². The summed E-state index contributed by atoms with van der Waals surface area (Å²) in [6.45, 7) is -1.41. The summed E-state index contributed by atoms with van der Waals surface area (Å²) in [6, 6.07) is -3.13. The third-order valence-corrected chi connectivity index (χ3v) is 9.01. The van der Waals surface area contributed by atoms with E-state index in [4.69, 9.17) is 33.2 Å². The first-order chi connectivity index (χ1) is 24.1. The van der Waals surface area contributed by atoms with Crippen molar-refractivity contribution in [3.63, 3.8) is 0 Å². The van der Waals surface area contributed by atoms with E-state index in [1.54, 1.807) is 0 Å². The van der Waals surface area contributed by atoms with Gasteiger partial charge in [0.2, 0.25) is 11.8 Å². The van der Waals surface area contributed by atoms with Gasteiger partial charge in [-0.15, -0.1) is 0 Å². The van der Waals surface area contributed by atoms with Crippen molar-refractivity contribution in [2.75, 3.05) is 26.4 Å². The van der Waals surface area contributed by atoms with Gasteiger partial charge in [0.25, 0.3) is 0 Å². The van der Waals surface area contributed by atoms with Gasteiger partial charge in [0.05, 0.1) is 26.4 Å². The van der Waals surface area contributed by atoms with Gasteiger partial charge in [-0.25, -0.2) is 0 Å². The number of aliphatic hydroxyl groups excluding tert-OH is 12. The molecule has 2 amide bonds. The third kappa shape index (κ3) is 9.11. The number of carbonyl (C=O) groups is 2. The molecule has 14 N–H and O–H groups in total. The predicted octanol–water partition coefficient (Wildman–Crippen LogP) is -9.46. The number of carbonyl (C=O) groups excluding carboxylic acids is 2. The molecule has 23 heteroatoms. The van der Waals surface area contributed by atoms with Crippen LogP contribution in [0.4, 0.5) is 0 Å². The van der Waals surface area contributed by atoms with Gasteiger partial charge in [0, 0.05) is 13.8 Å². The molecule has 4 heterocycles. The summed E-state index contributed by atoms with van der Waals surface area (Å²) < 4.78 is 39.9. The minimum Gasteiger partial charge on any atom is -0.394 e. The molecule has 0 aromatic carbocycles. The van der Waals surface area contributed by atoms with Crippen molar-refractivity contribution >= 4 is 11.8 Å². The van der Waals surface area contributed by atoms with Gasteiger partial charge in [0.1, 0.15) is 97.5 Å². The smallest absolute Gasteiger partial charge is 0.217 e. The number of hydrogen-bond acceptors (Lipinski definition) is 21. The maximum Gasteiger partial charge on any atom is 0.217 e. The van der Waals surface area contributed by atoms with Gasteiger partial charge in [-0.05, 0) is 0 Å². The first kappa shape index (κ1) is 41.9. The second-order valence-corrected chi connectivity index (χ2v) is 12.6. The van der Waals surface area contributed by atoms with Crippen LogP contribution < -0.4 is 10.6 Å². The van der Waals surface area contributed by atoms with Crippen molar-refractivity contribution in [3.8, 4) is 0 Å². The zero-order chi connectivity index (χ0) is 37.9. The summed E-state index contributed by atoms with van der Waals surface area (Å²) in [5, 5.41) is 130. The SMILES string of the molecule is CC(=O)N[C@H]1[C@H](O[C@@H]2[C@H](O[C@@H]3O[C@H](CO)[C@@H](O)[C@H](O)[C@H]3NC(C)=O)[C@@H](O)[C@H](O[C@H]3[C@H](O)[C@@H](O)C(O)O[C@@H]3CO)O[C@@H]2CO)O[C@H](CO)[C@H](O)[C@@H]1O. The first-order valence-electron chi connectivity index (χ1n) is 16.1. The monoisotopic (exact) mass is 748 g/mol. The van der Waals surface area contributed by atoms with E-state index in [1.807, 2.05) is 0 Å². The minimum absolute atomic E-state index is 0.721. The molecule has 0 spiro atoms. The Bertz CT molecular complexity index is 1140. The van der Waals surface area contributed by atoms with E-state index in [2.05, 4.69) is 10.6 Å². The van der Waals surface area contributed by atoms with Crippen LogP contribution >= 0.6 is 0 Å². The van der Waals surface area contributed by atoms with Crippen LogP contribution in [-0.4, -0.2) is 222 Å². The van der Waals surface area contributed by atoms with Gasteiger partial charge < -0.3 is 105 Å². The maximum atomic E-state index is 12.1. The number of nitrogens with one attached hydrogen (secondary N) is 2. The molecule has 0 saturated carbocycles. The lowest BCUT2D eigenvalue weighted by Crippen LogP contribution is -2.70. The van der Waals surface area contributed by atoms with Crippen LogP contribution in [0.1, 0.15) is 13.8 Å². The summed E-state index contributed by atoms with van der Waals surface area (Å²) in [5.41, 5.74) is 0. The quantitative estimate of drug-likeness (QED) is 0.0881. The lowest BCUT2D eigenvalue weighted by molar-refractivity contribution is -0.389. The predicted molar refractivity (Wildman–Crippen MR) is 157 cm³/mol. The second-order valence-electron chi connectivity index (χ2n) is 12.6. The molecule has 0 radical (unpaired) electrons. The van der Waals surface area contributed by atoms with E-state index in [1.165, 1.54) is 0 Å². The van der Waals surface area contributed by atoms with Gasteiger partial charge in [-0.1, -0.05) is 0 Å². The molecule has 1 unspecified atom stereocenters. The van der Waals surface area contributed by atoms with Crippen LogP contribution in [-0.2, 0) is 42.7 Å². The summed E-state index contributed by atoms with van der Waals surface area (Å²) in [4.78, 5) is 24.1. The number of ether oxygens (including phenoxy) is 7. The first-order valence-corrected chi connectivity index (χ1v) is 16.1. The molecular formula is C28H48N2O21. The summed E-state index contributed by atoms with van der Waals surface area (Å²) in [6.07, 6.45) is -32.1. The molecule has 23 nitrogen and oxygen atoms in total. The number of hydrogen-bond donors (Lipinski definition) is 14. The summed E-state index contributed by atoms with van der Waals surface area (Å²) in [7, 11) is 0. The van der Waals surface area contributed by atoms with E-state index >= 15 is 0 Å². The Morgan fingerprint density at radius 3 is 1.29 bits per heavy atom. The number of amides is 2. The van der Waals surface area contributed by atoms with E-state index < -0.39 is 161 Å². The molecule has 0 aromatic heterocycles. The van der Waals surface area contributed by atoms with Crippen LogP contribution in [0.2, 0.25) is 0 Å². The topological polar surface area (TPSA) is 366 Å². The number of rotatable bonds is 12. The Hall–Kier alpha value is -1.82. The normalized spacial score (nSPS) is 47.8. The fourth-order valence-electron chi connectivity index (χ4n) is 6.35. The van der Waals surface area contributed by atoms with Crippen LogP contribution in [0.25, 0.3) is 0 Å². The lowest BCUT2D eigenvalue weighted by atomic mass is 9.94. The largest absolute Gasteiger partial charge is 0.394 e. The highest BCUT2D eigenvalue weighted by atomic mass is 16.8. The summed E-state index contributed by atoms with van der Waals surface area (Å²) >= 11 is 0. The fraction of sp³-hybridized carbons (Fsp3) is 0.929. The highest BCUT2D eigenvalue weighted by Gasteiger charge is 2.56. The Balaban J connectivity index is 1.74. The molecule has 4 aliphatic heterocycles. The standard InChI is InChI=1S/C28H48N2O21/c1-7(35)29-13-17(39)15(37)9(3-31)46-26(13)50-23-12(6-34)48-28(49-22-11(5-33)45-25(44)20(42)19(22)41)21(43)24(23)51-27-14(30-8(2)36)18(40)16(38)10(4-32)47-27/h9-28,31-34,37-44H,3-6H2,1-2H3,(H,29,35)(H,30,36)/t9-,10-,11-,12-,13-,14-,15+,16-,17-,18-,19-,20-,21-,22-,23+,24-,25?,26+,27+,28+/m1/s1. The van der Waals surface area contributed by atoms with E-state index in [0.29, 0.717) is 0 Å². The van der Waals surface area contributed by atoms with Crippen molar-refractivity contribution in [2.45, 2.75) is 137 Å². The molecule has 4 fully saturated rings. The summed E-state index contributed by atoms with van der Waals surface area (Å²) in [5.74, 6) is -1.46. The second kappa shape index (κ2) is 18.0. The van der Waals surface area contributed by atoms with Crippen LogP contribution in [0.5, 0.6) is 0 Å². The molecule has 4 rings (SSSR count). The lowest BCUT2D eigenvalue weighted by Gasteiger charge is -2.51. The van der Waals surface area contributed by atoms with Crippen molar-refractivity contribution in [1.82, 2.24) is 10.6 Å². The number of aliphatic hydroxyl groups is 12. The van der Waals surface area contributed by atoms with Crippen molar-refractivity contribution in [1.29, 1.82) is 0 Å². The van der Waals surface area contributed by atoms with Crippen molar-refractivity contribution in [2.24, 2.45) is 0 Å². The zero-order valence-corrected chi connectivity index (χ0v) is 27.4. The Kier molecular flexibility index (Phi) is 14.8. The molecule has 20 atom stereocenters. The zero-order valence-electron chi connectivity index (χ0n) is 27.4. The molecule has 4 aliphatic rings. The molecule has 4 saturated heterocycles. The van der Waals surface area contributed by atoms with Crippen LogP contribution in [0.15, 0.2) is 0 Å². The van der Waals surface area contributed by atoms with Crippen LogP contribution in [0, 0.1) is 0 Å². The fourth-order valence-corrected chi connectivity index (χ4v) is 6.35. The van der Waals surface area contributed by atoms with E-state index in [-0.39, 0.29) is 0 Å². The van der Waals surface area contributed by atoms with Gasteiger partial charge in [-0.3, -0.25) is 9.59 Å². The molecule has 0 aliphatic carbocycles. The average Bonchev–Trinajstić information content (AvgIpc) is 3.09. The van der Waals surface area contributed by atoms with Crippen molar-refractivity contribution in [3.05, 3.63) is 0 Å². The Morgan fingerprint density at radius 1 is 0.471 bits per heavy atom. The molecule has 0 aromatic rings. The molecule has 296 valence electrons. The average molecular weight is 749 g/mol. The molecule has 51 heavy (non-hydrogen) atoms. The highest BCUT2D eigenvalue weighted by Crippen LogP contribution is 2.35. The maximum absolute atomic E-state index is 12.1. The Morgan fingerprint density at radius 2 is 0.863 bits per heavy atom. The Labute approximate surface area is 289 Å². The van der Waals surface area contributed by atoms with Gasteiger partial charge in [0.15, 0.2) is 25.2 Å². The van der Waals surface area contributed by atoms with Crippen molar-refractivity contribution < 1.29 is 104 Å².